The van der Waals surface area contributed by atoms with E-state index in [1.165, 1.54) is 12.1 Å². The summed E-state index contributed by atoms with van der Waals surface area (Å²) in [4.78, 5) is 4.42. The highest BCUT2D eigenvalue weighted by molar-refractivity contribution is 5.65. The Labute approximate surface area is 138 Å². The van der Waals surface area contributed by atoms with E-state index < -0.39 is 0 Å². The van der Waals surface area contributed by atoms with Crippen LogP contribution in [-0.4, -0.2) is 27.7 Å². The molecule has 0 amide bonds. The molecule has 0 spiro atoms. The molecule has 8 heteroatoms. The Balaban J connectivity index is 1.86. The van der Waals surface area contributed by atoms with E-state index in [2.05, 4.69) is 15.4 Å². The molecule has 0 bridgehead atoms. The lowest BCUT2D eigenvalue weighted by molar-refractivity contribution is 0.323. The van der Waals surface area contributed by atoms with Gasteiger partial charge in [-0.3, -0.25) is 0 Å². The molecule has 3 rings (SSSR count). The molecule has 0 aliphatic carbocycles. The van der Waals surface area contributed by atoms with Crippen LogP contribution in [0, 0.1) is 5.82 Å². The first-order valence-electron chi connectivity index (χ1n) is 7.57. The minimum absolute atomic E-state index is 0.229. The van der Waals surface area contributed by atoms with Crippen molar-refractivity contribution in [2.24, 2.45) is 5.73 Å². The van der Waals surface area contributed by atoms with Crippen LogP contribution in [0.25, 0.3) is 5.65 Å². The lowest BCUT2D eigenvalue weighted by atomic mass is 10.1. The number of nitrogen functional groups attached to an aromatic ring is 1. The van der Waals surface area contributed by atoms with Gasteiger partial charge in [0.05, 0.1) is 17.9 Å². The third kappa shape index (κ3) is 3.23. The maximum absolute atomic E-state index is 13.6. The summed E-state index contributed by atoms with van der Waals surface area (Å²) in [6, 6.07) is 5.95. The van der Waals surface area contributed by atoms with E-state index >= 15 is 0 Å². The van der Waals surface area contributed by atoms with E-state index in [1.807, 2.05) is 6.92 Å². The molecule has 126 valence electrons. The Morgan fingerprint density at radius 1 is 1.38 bits per heavy atom. The zero-order valence-electron chi connectivity index (χ0n) is 13.2. The summed E-state index contributed by atoms with van der Waals surface area (Å²) in [6.07, 6.45) is 3.30. The smallest absolute Gasteiger partial charge is 0.180 e. The van der Waals surface area contributed by atoms with Gasteiger partial charge >= 0.3 is 0 Å². The van der Waals surface area contributed by atoms with Gasteiger partial charge in [-0.2, -0.15) is 5.10 Å². The largest absolute Gasteiger partial charge is 0.492 e. The van der Waals surface area contributed by atoms with Crippen LogP contribution in [0.4, 0.5) is 15.9 Å². The normalized spacial score (nSPS) is 12.3. The molecular weight excluding hydrogens is 311 g/mol. The number of aromatic nitrogens is 3. The van der Waals surface area contributed by atoms with Crippen LogP contribution in [0.15, 0.2) is 36.7 Å². The Morgan fingerprint density at radius 3 is 3.00 bits per heavy atom. The van der Waals surface area contributed by atoms with E-state index in [-0.39, 0.29) is 11.9 Å². The minimum atomic E-state index is -0.331. The van der Waals surface area contributed by atoms with E-state index in [4.69, 9.17) is 16.2 Å². The Kier molecular flexibility index (Phi) is 4.48. The molecule has 0 saturated heterocycles. The first-order chi connectivity index (χ1) is 11.6. The van der Waals surface area contributed by atoms with Crippen molar-refractivity contribution in [2.75, 3.05) is 24.2 Å². The summed E-state index contributed by atoms with van der Waals surface area (Å²) in [5.74, 6) is 0.866. The van der Waals surface area contributed by atoms with Crippen molar-refractivity contribution >= 4 is 17.2 Å². The maximum atomic E-state index is 13.6. The van der Waals surface area contributed by atoms with Crippen molar-refractivity contribution in [3.05, 3.63) is 48.0 Å². The van der Waals surface area contributed by atoms with Crippen LogP contribution >= 0.6 is 0 Å². The second kappa shape index (κ2) is 6.71. The van der Waals surface area contributed by atoms with Crippen LogP contribution in [0.1, 0.15) is 18.5 Å². The topological polar surface area (TPSA) is 103 Å². The number of anilines is 2. The third-order valence-electron chi connectivity index (χ3n) is 3.57. The molecule has 2 aromatic heterocycles. The van der Waals surface area contributed by atoms with E-state index in [9.17, 15) is 4.39 Å². The van der Waals surface area contributed by atoms with E-state index in [1.54, 1.807) is 29.0 Å². The van der Waals surface area contributed by atoms with Gasteiger partial charge in [0.2, 0.25) is 0 Å². The van der Waals surface area contributed by atoms with Gasteiger partial charge in [-0.05, 0) is 31.2 Å². The van der Waals surface area contributed by atoms with Gasteiger partial charge in [0, 0.05) is 18.3 Å². The Hall–Kier alpha value is -2.87. The molecule has 0 fully saturated rings. The summed E-state index contributed by atoms with van der Waals surface area (Å²) < 4.78 is 20.8. The highest BCUT2D eigenvalue weighted by Gasteiger charge is 2.14. The fourth-order valence-corrected chi connectivity index (χ4v) is 2.42. The second-order valence-corrected chi connectivity index (χ2v) is 5.37. The van der Waals surface area contributed by atoms with Crippen molar-refractivity contribution in [3.63, 3.8) is 0 Å². The van der Waals surface area contributed by atoms with Gasteiger partial charge in [0.1, 0.15) is 24.0 Å². The summed E-state index contributed by atoms with van der Waals surface area (Å²) in [5, 5.41) is 7.30. The average molecular weight is 330 g/mol. The molecule has 1 aromatic carbocycles. The highest BCUT2D eigenvalue weighted by atomic mass is 19.1. The van der Waals surface area contributed by atoms with Crippen LogP contribution < -0.4 is 21.5 Å². The zero-order valence-corrected chi connectivity index (χ0v) is 13.2. The minimum Gasteiger partial charge on any atom is -0.492 e. The molecule has 0 radical (unpaired) electrons. The fraction of sp³-hybridized carbons (Fsp3) is 0.250. The number of rotatable bonds is 6. The highest BCUT2D eigenvalue weighted by Crippen LogP contribution is 2.28. The SMILES string of the molecule is C[C@@H](Nc1ccn2ncc(N)c2n1)c1cc(F)ccc1OCCN. The van der Waals surface area contributed by atoms with Crippen LogP contribution in [0.3, 0.4) is 0 Å². The van der Waals surface area contributed by atoms with Crippen LogP contribution in [0.5, 0.6) is 5.75 Å². The Bertz CT molecular complexity index is 850. The van der Waals surface area contributed by atoms with Crippen molar-refractivity contribution in [1.29, 1.82) is 0 Å². The Morgan fingerprint density at radius 2 is 2.21 bits per heavy atom. The number of hydrogen-bond acceptors (Lipinski definition) is 6. The number of benzene rings is 1. The van der Waals surface area contributed by atoms with Crippen molar-refractivity contribution in [1.82, 2.24) is 14.6 Å². The lowest BCUT2D eigenvalue weighted by Gasteiger charge is -2.19. The molecule has 0 unspecified atom stereocenters. The molecule has 0 aliphatic heterocycles. The zero-order chi connectivity index (χ0) is 17.1. The predicted molar refractivity (Wildman–Crippen MR) is 90.4 cm³/mol. The molecule has 24 heavy (non-hydrogen) atoms. The number of nitrogens with one attached hydrogen (secondary N) is 1. The number of hydrogen-bond donors (Lipinski definition) is 3. The van der Waals surface area contributed by atoms with Gasteiger partial charge in [-0.1, -0.05) is 0 Å². The van der Waals surface area contributed by atoms with Crippen molar-refractivity contribution < 1.29 is 9.13 Å². The number of nitrogens with two attached hydrogens (primary N) is 2. The number of ether oxygens (including phenoxy) is 1. The number of halogens is 1. The van der Waals surface area contributed by atoms with Gasteiger partial charge in [-0.25, -0.2) is 13.9 Å². The summed E-state index contributed by atoms with van der Waals surface area (Å²) >= 11 is 0. The van der Waals surface area contributed by atoms with E-state index in [0.717, 1.165) is 0 Å². The number of nitrogens with zero attached hydrogens (tertiary/aromatic N) is 3. The molecule has 5 N–H and O–H groups in total. The molecule has 1 atom stereocenters. The average Bonchev–Trinajstić information content (AvgIpc) is 2.94. The molecule has 3 aromatic rings. The van der Waals surface area contributed by atoms with Crippen LogP contribution in [0.2, 0.25) is 0 Å². The van der Waals surface area contributed by atoms with Gasteiger partial charge in [0.15, 0.2) is 5.65 Å². The summed E-state index contributed by atoms with van der Waals surface area (Å²) in [5.41, 5.74) is 13.0. The van der Waals surface area contributed by atoms with E-state index in [0.29, 0.717) is 41.6 Å². The molecule has 7 nitrogen and oxygen atoms in total. The first kappa shape index (κ1) is 16.0. The second-order valence-electron chi connectivity index (χ2n) is 5.37. The van der Waals surface area contributed by atoms with Gasteiger partial charge < -0.3 is 21.5 Å². The van der Waals surface area contributed by atoms with Crippen molar-refractivity contribution in [3.8, 4) is 5.75 Å². The molecule has 0 saturated carbocycles. The monoisotopic (exact) mass is 330 g/mol. The maximum Gasteiger partial charge on any atom is 0.180 e. The lowest BCUT2D eigenvalue weighted by Crippen LogP contribution is -2.14. The third-order valence-corrected chi connectivity index (χ3v) is 3.57. The van der Waals surface area contributed by atoms with Crippen LogP contribution in [-0.2, 0) is 0 Å². The van der Waals surface area contributed by atoms with Gasteiger partial charge in [0.25, 0.3) is 0 Å². The molecule has 0 aliphatic rings. The number of fused-ring (bicyclic) bond motifs is 1. The predicted octanol–water partition coefficient (Wildman–Crippen LogP) is 1.96. The standard InChI is InChI=1S/C16H19FN6O/c1-10(12-8-11(17)2-3-14(12)24-7-5-18)21-15-4-6-23-16(22-15)13(19)9-20-23/h2-4,6,8-10H,5,7,18-19H2,1H3,(H,21,22)/t10-/m1/s1. The summed E-state index contributed by atoms with van der Waals surface area (Å²) in [6.45, 7) is 2.65. The first-order valence-corrected chi connectivity index (χ1v) is 7.57. The van der Waals surface area contributed by atoms with Gasteiger partial charge in [-0.15, -0.1) is 0 Å². The molecular formula is C16H19FN6O. The molecule has 2 heterocycles. The fourth-order valence-electron chi connectivity index (χ4n) is 2.42. The quantitative estimate of drug-likeness (QED) is 0.638. The van der Waals surface area contributed by atoms with Crippen molar-refractivity contribution in [2.45, 2.75) is 13.0 Å². The summed E-state index contributed by atoms with van der Waals surface area (Å²) in [7, 11) is 0.